The molecule has 75 heavy (non-hydrogen) atoms. The number of allylic oxidation sites excluding steroid dienone is 23. The van der Waals surface area contributed by atoms with Crippen molar-refractivity contribution in [1.29, 1.82) is 0 Å². The fourth-order valence-electron chi connectivity index (χ4n) is 7.94. The molecule has 0 aromatic heterocycles. The summed E-state index contributed by atoms with van der Waals surface area (Å²) in [6.45, 7) is 6.18. The number of hydrogen-bond donors (Lipinski definition) is 0. The lowest BCUT2D eigenvalue weighted by Gasteiger charge is -2.18. The second-order valence-electron chi connectivity index (χ2n) is 19.5. The second kappa shape index (κ2) is 61.8. The number of hydrogen-bond acceptors (Lipinski definition) is 6. The quantitative estimate of drug-likeness (QED) is 0.0261. The van der Waals surface area contributed by atoms with Gasteiger partial charge in [-0.1, -0.05) is 263 Å². The van der Waals surface area contributed by atoms with Gasteiger partial charge in [0.25, 0.3) is 0 Å². The Morgan fingerprint density at radius 3 is 0.827 bits per heavy atom. The number of unbranched alkanes of at least 4 members (excludes halogenated alkanes) is 19. The molecule has 0 aliphatic heterocycles. The molecule has 0 saturated carbocycles. The molecular formula is C69H110O6. The maximum absolute atomic E-state index is 12.8. The van der Waals surface area contributed by atoms with Crippen LogP contribution in [0.5, 0.6) is 0 Å². The smallest absolute Gasteiger partial charge is 0.310 e. The molecule has 0 aromatic rings. The van der Waals surface area contributed by atoms with E-state index in [1.54, 1.807) is 6.08 Å². The fraction of sp³-hybridized carbons (Fsp3) is 0.609. The van der Waals surface area contributed by atoms with Gasteiger partial charge in [-0.2, -0.15) is 0 Å². The van der Waals surface area contributed by atoms with Gasteiger partial charge in [0.2, 0.25) is 0 Å². The van der Waals surface area contributed by atoms with Gasteiger partial charge in [0, 0.05) is 12.8 Å². The molecule has 0 amide bonds. The van der Waals surface area contributed by atoms with Crippen LogP contribution in [0.4, 0.5) is 0 Å². The van der Waals surface area contributed by atoms with E-state index < -0.39 is 12.1 Å². The van der Waals surface area contributed by atoms with Gasteiger partial charge in [-0.05, 0) is 116 Å². The molecule has 0 aliphatic carbocycles. The third-order valence-electron chi connectivity index (χ3n) is 12.4. The highest BCUT2D eigenvalue weighted by Gasteiger charge is 2.19. The first kappa shape index (κ1) is 70.3. The average Bonchev–Trinajstić information content (AvgIpc) is 3.41. The molecule has 0 fully saturated rings. The zero-order valence-corrected chi connectivity index (χ0v) is 48.3. The first-order valence-corrected chi connectivity index (χ1v) is 30.3. The topological polar surface area (TPSA) is 78.9 Å². The van der Waals surface area contributed by atoms with E-state index >= 15 is 0 Å². The Bertz CT molecular complexity index is 1660. The molecule has 0 radical (unpaired) electrons. The Hall–Kier alpha value is -4.71. The Kier molecular flexibility index (Phi) is 58.0. The summed E-state index contributed by atoms with van der Waals surface area (Å²) < 4.78 is 16.7. The lowest BCUT2D eigenvalue weighted by molar-refractivity contribution is -0.166. The third-order valence-corrected chi connectivity index (χ3v) is 12.4. The molecule has 422 valence electrons. The number of ether oxygens (including phenoxy) is 3. The van der Waals surface area contributed by atoms with Gasteiger partial charge >= 0.3 is 17.9 Å². The Balaban J connectivity index is 4.32. The molecule has 0 N–H and O–H groups in total. The van der Waals surface area contributed by atoms with Crippen molar-refractivity contribution >= 4 is 17.9 Å². The average molecular weight is 1040 g/mol. The molecule has 1 unspecified atom stereocenters. The van der Waals surface area contributed by atoms with E-state index in [1.807, 2.05) is 6.08 Å². The monoisotopic (exact) mass is 1030 g/mol. The van der Waals surface area contributed by atoms with Gasteiger partial charge in [-0.3, -0.25) is 14.4 Å². The van der Waals surface area contributed by atoms with Crippen molar-refractivity contribution in [3.8, 4) is 0 Å². The highest BCUT2D eigenvalue weighted by atomic mass is 16.6. The van der Waals surface area contributed by atoms with Crippen molar-refractivity contribution in [3.05, 3.63) is 146 Å². The van der Waals surface area contributed by atoms with Gasteiger partial charge in [0.15, 0.2) is 6.10 Å². The maximum Gasteiger partial charge on any atom is 0.310 e. The Labute approximate surface area is 461 Å². The molecule has 0 spiro atoms. The summed E-state index contributed by atoms with van der Waals surface area (Å²) in [5.41, 5.74) is 0. The molecular weight excluding hydrogens is 925 g/mol. The zero-order valence-electron chi connectivity index (χ0n) is 48.3. The fourth-order valence-corrected chi connectivity index (χ4v) is 7.94. The summed E-state index contributed by atoms with van der Waals surface area (Å²) in [7, 11) is 0. The van der Waals surface area contributed by atoms with Crippen LogP contribution in [0.15, 0.2) is 146 Å². The minimum atomic E-state index is -0.849. The largest absolute Gasteiger partial charge is 0.462 e. The summed E-state index contributed by atoms with van der Waals surface area (Å²) in [5, 5.41) is 0. The van der Waals surface area contributed by atoms with E-state index in [-0.39, 0.29) is 31.6 Å². The van der Waals surface area contributed by atoms with Crippen molar-refractivity contribution in [2.45, 2.75) is 258 Å². The van der Waals surface area contributed by atoms with Crippen LogP contribution >= 0.6 is 0 Å². The van der Waals surface area contributed by atoms with E-state index in [0.29, 0.717) is 19.3 Å². The van der Waals surface area contributed by atoms with Gasteiger partial charge in [-0.15, -0.1) is 0 Å². The maximum atomic E-state index is 12.8. The molecule has 0 bridgehead atoms. The van der Waals surface area contributed by atoms with Crippen molar-refractivity contribution < 1.29 is 28.6 Å². The Morgan fingerprint density at radius 2 is 0.520 bits per heavy atom. The van der Waals surface area contributed by atoms with Gasteiger partial charge in [0.1, 0.15) is 13.2 Å². The summed E-state index contributed by atoms with van der Waals surface area (Å²) >= 11 is 0. The normalized spacial score (nSPS) is 13.2. The van der Waals surface area contributed by atoms with Crippen LogP contribution in [0.2, 0.25) is 0 Å². The summed E-state index contributed by atoms with van der Waals surface area (Å²) in [4.78, 5) is 38.1. The molecule has 0 aromatic carbocycles. The first-order chi connectivity index (χ1) is 37.0. The van der Waals surface area contributed by atoms with Crippen LogP contribution in [0.25, 0.3) is 0 Å². The molecule has 0 saturated heterocycles. The highest BCUT2D eigenvalue weighted by molar-refractivity contribution is 5.72. The summed E-state index contributed by atoms with van der Waals surface area (Å²) in [6.07, 6.45) is 88.9. The van der Waals surface area contributed by atoms with Crippen LogP contribution in [-0.2, 0) is 28.6 Å². The molecule has 0 heterocycles. The van der Waals surface area contributed by atoms with Gasteiger partial charge < -0.3 is 14.2 Å². The predicted molar refractivity (Wildman–Crippen MR) is 325 cm³/mol. The van der Waals surface area contributed by atoms with Crippen LogP contribution in [-0.4, -0.2) is 37.2 Å². The number of carbonyl (C=O) groups excluding carboxylic acids is 3. The number of carbonyl (C=O) groups is 3. The number of esters is 3. The van der Waals surface area contributed by atoms with E-state index in [4.69, 9.17) is 14.2 Å². The van der Waals surface area contributed by atoms with E-state index in [1.165, 1.54) is 89.9 Å². The lowest BCUT2D eigenvalue weighted by atomic mass is 10.0. The van der Waals surface area contributed by atoms with Crippen molar-refractivity contribution in [1.82, 2.24) is 0 Å². The van der Waals surface area contributed by atoms with Crippen molar-refractivity contribution in [3.63, 3.8) is 0 Å². The SMILES string of the molecule is CC/C=C\C/C=C\C/C=C\C/C=C\C/C=C\CC(=O)OC(COC(=O)CCCCC/C=C\C/C=C\C/C=C\CC)COC(=O)CCCCCCCCCCCCCCCCCC/C=C\C/C=C\C/C=C\C/C=C\CC. The molecule has 0 aliphatic rings. The highest BCUT2D eigenvalue weighted by Crippen LogP contribution is 2.15. The van der Waals surface area contributed by atoms with Gasteiger partial charge in [-0.25, -0.2) is 0 Å². The number of rotatable bonds is 53. The summed E-state index contributed by atoms with van der Waals surface area (Å²) in [6, 6.07) is 0. The predicted octanol–water partition coefficient (Wildman–Crippen LogP) is 20.8. The third kappa shape index (κ3) is 60.0. The first-order valence-electron chi connectivity index (χ1n) is 30.3. The van der Waals surface area contributed by atoms with E-state index in [0.717, 1.165) is 116 Å². The van der Waals surface area contributed by atoms with E-state index in [9.17, 15) is 14.4 Å². The molecule has 6 heteroatoms. The standard InChI is InChI=1S/C69H110O6/c1-4-7-10-13-16-19-22-25-27-28-29-30-31-32-33-34-35-36-37-38-39-40-42-44-47-50-53-56-59-62-68(71)74-65-66(64-73-67(70)61-58-55-52-49-46-43-24-21-18-15-12-9-6-3)75-69(72)63-60-57-54-51-48-45-41-26-23-20-17-14-11-8-5-2/h7-12,16-21,25-27,29-30,41,43,46,48,51,57,60,66H,4-6,13-15,22-24,28,31-40,42,44-45,47,49-50,52-56,58-59,61-65H2,1-3H3/b10-7-,11-8-,12-9-,19-16-,20-17-,21-18-,27-25-,30-29-,41-26-,46-43-,51-48-,60-57-. The van der Waals surface area contributed by atoms with Crippen molar-refractivity contribution in [2.24, 2.45) is 0 Å². The lowest BCUT2D eigenvalue weighted by Crippen LogP contribution is -2.30. The van der Waals surface area contributed by atoms with Crippen LogP contribution in [0.1, 0.15) is 252 Å². The zero-order chi connectivity index (χ0) is 54.3. The Morgan fingerprint density at radius 1 is 0.280 bits per heavy atom. The minimum Gasteiger partial charge on any atom is -0.462 e. The van der Waals surface area contributed by atoms with Crippen LogP contribution in [0.3, 0.4) is 0 Å². The van der Waals surface area contributed by atoms with E-state index in [2.05, 4.69) is 154 Å². The van der Waals surface area contributed by atoms with Crippen LogP contribution in [0, 0.1) is 0 Å². The molecule has 0 rings (SSSR count). The second-order valence-corrected chi connectivity index (χ2v) is 19.5. The minimum absolute atomic E-state index is 0.0856. The summed E-state index contributed by atoms with van der Waals surface area (Å²) in [5.74, 6) is -1.09. The van der Waals surface area contributed by atoms with Crippen molar-refractivity contribution in [2.75, 3.05) is 13.2 Å². The van der Waals surface area contributed by atoms with Gasteiger partial charge in [0.05, 0.1) is 6.42 Å². The molecule has 6 nitrogen and oxygen atoms in total. The van der Waals surface area contributed by atoms with Crippen LogP contribution < -0.4 is 0 Å². The molecule has 1 atom stereocenters.